The predicted octanol–water partition coefficient (Wildman–Crippen LogP) is 2.97. The second kappa shape index (κ2) is 3.25. The molecule has 0 radical (unpaired) electrons. The Balaban J connectivity index is 2.35. The minimum Gasteiger partial charge on any atom is -0.123 e. The maximum absolute atomic E-state index is 7.47. The Kier molecular flexibility index (Phi) is 2.35. The normalized spacial score (nSPS) is 50.8. The molecule has 1 aliphatic rings. The molecule has 3 atom stereocenters. The lowest BCUT2D eigenvalue weighted by Gasteiger charge is -2.19. The average molecular weight is 246 g/mol. The Bertz CT molecular complexity index is 99.1. The first-order valence-electron chi connectivity index (χ1n) is 3.48. The minimum absolute atomic E-state index is 0.0117. The Morgan fingerprint density at radius 2 is 2.25 bits per heavy atom. The number of hydrogen-bond donors (Lipinski definition) is 0. The summed E-state index contributed by atoms with van der Waals surface area (Å²) in [6.07, 6.45) is 3.20. The monoisotopic (exact) mass is 245 g/mol. The van der Waals surface area contributed by atoms with Crippen LogP contribution in [0.2, 0.25) is 0 Å². The Morgan fingerprint density at radius 3 is 2.75 bits per heavy atom. The molecule has 0 aliphatic heterocycles. The van der Waals surface area contributed by atoms with Crippen LogP contribution < -0.4 is 0 Å². The molecule has 0 nitrogen and oxygen atoms in total. The van der Waals surface area contributed by atoms with E-state index in [-0.39, 0.29) is 11.8 Å². The van der Waals surface area contributed by atoms with Crippen molar-refractivity contribution in [2.45, 2.75) is 35.0 Å². The van der Waals surface area contributed by atoms with E-state index < -0.39 is 0 Å². The number of hydrogen-bond acceptors (Lipinski definition) is 0. The van der Waals surface area contributed by atoms with E-state index in [9.17, 15) is 0 Å². The van der Waals surface area contributed by atoms with Gasteiger partial charge in [-0.1, -0.05) is 22.6 Å². The van der Waals surface area contributed by atoms with Crippen LogP contribution in [0.5, 0.6) is 0 Å². The Labute approximate surface area is 70.5 Å². The summed E-state index contributed by atoms with van der Waals surface area (Å²) in [5.41, 5.74) is 0. The fraction of sp³-hybridized carbons (Fsp3) is 1.00. The van der Waals surface area contributed by atoms with E-state index in [0.717, 1.165) is 12.8 Å². The van der Waals surface area contributed by atoms with Crippen LogP contribution in [0, 0.1) is 0 Å². The van der Waals surface area contributed by atoms with E-state index in [1.54, 1.807) is 0 Å². The summed E-state index contributed by atoms with van der Waals surface area (Å²) in [6.45, 7) is 0. The highest BCUT2D eigenvalue weighted by Gasteiger charge is 2.15. The van der Waals surface area contributed by atoms with Crippen molar-refractivity contribution in [1.29, 1.82) is 0 Å². The van der Waals surface area contributed by atoms with E-state index in [4.69, 9.17) is 13.0 Å². The molecule has 0 amide bonds. The van der Waals surface area contributed by atoms with Gasteiger partial charge < -0.3 is 0 Å². The van der Waals surface area contributed by atoms with Crippen LogP contribution in [0.3, 0.4) is 0 Å². The van der Waals surface area contributed by atoms with Gasteiger partial charge in [-0.3, -0.25) is 0 Å². The highest BCUT2D eigenvalue weighted by Crippen LogP contribution is 2.27. The third kappa shape index (κ3) is 2.09. The van der Waals surface area contributed by atoms with Gasteiger partial charge in [0.05, 0.1) is 0 Å². The maximum atomic E-state index is 7.47. The van der Waals surface area contributed by atoms with E-state index in [1.807, 2.05) is 0 Å². The van der Waals surface area contributed by atoms with E-state index >= 15 is 0 Å². The molecular formula is C6H10ClI. The summed E-state index contributed by atoms with van der Waals surface area (Å²) in [6, 6.07) is 0. The second-order valence-electron chi connectivity index (χ2n) is 2.16. The molecule has 1 aliphatic carbocycles. The quantitative estimate of drug-likeness (QED) is 0.455. The van der Waals surface area contributed by atoms with Gasteiger partial charge in [-0.05, 0) is 25.7 Å². The first-order valence-corrected chi connectivity index (χ1v) is 4.58. The lowest BCUT2D eigenvalue weighted by Crippen LogP contribution is -2.12. The van der Waals surface area contributed by atoms with Crippen LogP contribution in [0.15, 0.2) is 0 Å². The lowest BCUT2D eigenvalue weighted by atomic mass is 10.0. The zero-order valence-corrected chi connectivity index (χ0v) is 7.52. The van der Waals surface area contributed by atoms with Gasteiger partial charge in [0.2, 0.25) is 0 Å². The van der Waals surface area contributed by atoms with Crippen LogP contribution in [-0.2, 0) is 0 Å². The summed E-state index contributed by atoms with van der Waals surface area (Å²) in [4.78, 5) is 0. The largest absolute Gasteiger partial charge is 0.123 e. The molecule has 0 aromatic rings. The van der Waals surface area contributed by atoms with Crippen molar-refractivity contribution < 1.29 is 1.37 Å². The van der Waals surface area contributed by atoms with Crippen molar-refractivity contribution in [3.8, 4) is 0 Å². The van der Waals surface area contributed by atoms with Crippen LogP contribution in [0.4, 0.5) is 0 Å². The highest BCUT2D eigenvalue weighted by atomic mass is 127. The molecule has 0 aromatic heterocycles. The van der Waals surface area contributed by atoms with E-state index in [1.165, 1.54) is 6.42 Å². The van der Waals surface area contributed by atoms with E-state index in [2.05, 4.69) is 22.6 Å². The van der Waals surface area contributed by atoms with Crippen molar-refractivity contribution in [3.63, 3.8) is 0 Å². The average Bonchev–Trinajstić information content (AvgIpc) is 1.80. The molecular weight excluding hydrogens is 234 g/mol. The molecule has 0 aromatic carbocycles. The standard InChI is InChI=1S/C6H10ClI/c7-5-1-3-6(8)4-2-5/h5-6H,1-4H2/i1D. The fourth-order valence-corrected chi connectivity index (χ4v) is 1.75. The van der Waals surface area contributed by atoms with Crippen LogP contribution in [-0.4, -0.2) is 9.30 Å². The lowest BCUT2D eigenvalue weighted by molar-refractivity contribution is 0.535. The SMILES string of the molecule is [2H]C1CC(I)CCC1Cl. The molecule has 0 heterocycles. The van der Waals surface area contributed by atoms with Crippen molar-refractivity contribution in [3.05, 3.63) is 0 Å². The van der Waals surface area contributed by atoms with Crippen LogP contribution >= 0.6 is 34.2 Å². The summed E-state index contributed by atoms with van der Waals surface area (Å²) in [7, 11) is 0. The molecule has 0 spiro atoms. The molecule has 48 valence electrons. The first kappa shape index (κ1) is 5.78. The van der Waals surface area contributed by atoms with Crippen molar-refractivity contribution in [2.24, 2.45) is 0 Å². The Morgan fingerprint density at radius 1 is 1.50 bits per heavy atom. The minimum atomic E-state index is -0.0117. The summed E-state index contributed by atoms with van der Waals surface area (Å²) in [5.74, 6) is 0. The van der Waals surface area contributed by atoms with Crippen molar-refractivity contribution >= 4 is 34.2 Å². The van der Waals surface area contributed by atoms with Gasteiger partial charge in [-0.15, -0.1) is 11.6 Å². The van der Waals surface area contributed by atoms with Gasteiger partial charge in [-0.25, -0.2) is 0 Å². The van der Waals surface area contributed by atoms with Crippen LogP contribution in [0.1, 0.15) is 27.0 Å². The van der Waals surface area contributed by atoms with Gasteiger partial charge in [0.1, 0.15) is 0 Å². The fourth-order valence-electron chi connectivity index (χ4n) is 0.871. The molecule has 0 saturated heterocycles. The third-order valence-electron chi connectivity index (χ3n) is 1.40. The molecule has 1 fully saturated rings. The maximum Gasteiger partial charge on any atom is 0.0336 e. The van der Waals surface area contributed by atoms with Crippen LogP contribution in [0.25, 0.3) is 0 Å². The van der Waals surface area contributed by atoms with Crippen molar-refractivity contribution in [2.75, 3.05) is 0 Å². The smallest absolute Gasteiger partial charge is 0.0336 e. The number of alkyl halides is 2. The summed E-state index contributed by atoms with van der Waals surface area (Å²) < 4.78 is 8.17. The highest BCUT2D eigenvalue weighted by molar-refractivity contribution is 14.1. The summed E-state index contributed by atoms with van der Waals surface area (Å²) in [5, 5.41) is 0.121. The molecule has 0 bridgehead atoms. The predicted molar refractivity (Wildman–Crippen MR) is 45.9 cm³/mol. The molecule has 0 N–H and O–H groups in total. The Hall–Kier alpha value is 1.02. The molecule has 3 unspecified atom stereocenters. The molecule has 1 saturated carbocycles. The second-order valence-corrected chi connectivity index (χ2v) is 4.48. The van der Waals surface area contributed by atoms with Gasteiger partial charge in [0.25, 0.3) is 0 Å². The topological polar surface area (TPSA) is 0 Å². The van der Waals surface area contributed by atoms with Gasteiger partial charge in [-0.2, -0.15) is 0 Å². The van der Waals surface area contributed by atoms with Gasteiger partial charge >= 0.3 is 0 Å². The number of rotatable bonds is 0. The number of halogens is 2. The molecule has 8 heavy (non-hydrogen) atoms. The van der Waals surface area contributed by atoms with Crippen molar-refractivity contribution in [1.82, 2.24) is 0 Å². The summed E-state index contributed by atoms with van der Waals surface area (Å²) >= 11 is 8.24. The zero-order valence-electron chi connectivity index (χ0n) is 5.61. The third-order valence-corrected chi connectivity index (χ3v) is 2.93. The van der Waals surface area contributed by atoms with Gasteiger partial charge in [0.15, 0.2) is 0 Å². The molecule has 1 rings (SSSR count). The van der Waals surface area contributed by atoms with E-state index in [0.29, 0.717) is 3.92 Å². The first-order chi connectivity index (χ1) is 4.20. The molecule has 2 heteroatoms. The zero-order chi connectivity index (χ0) is 6.85. The van der Waals surface area contributed by atoms with Gasteiger partial charge in [0, 0.05) is 10.7 Å².